The Morgan fingerprint density at radius 2 is 1.14 bits per heavy atom. The van der Waals surface area contributed by atoms with Crippen LogP contribution < -0.4 is 5.32 Å². The predicted molar refractivity (Wildman–Crippen MR) is 212 cm³/mol. The van der Waals surface area contributed by atoms with Gasteiger partial charge in [0.1, 0.15) is 13.2 Å². The molecule has 0 bridgehead atoms. The van der Waals surface area contributed by atoms with Crippen LogP contribution in [0.1, 0.15) is 168 Å². The second kappa shape index (κ2) is 33.5. The van der Waals surface area contributed by atoms with Gasteiger partial charge in [0.15, 0.2) is 0 Å². The molecule has 9 heteroatoms. The number of unbranched alkanes of at least 4 members (excludes halogenated alkanes) is 17. The van der Waals surface area contributed by atoms with E-state index in [4.69, 9.17) is 9.05 Å². The largest absolute Gasteiger partial charge is 0.472 e. The Bertz CT molecular complexity index is 917. The maximum absolute atomic E-state index is 12.8. The summed E-state index contributed by atoms with van der Waals surface area (Å²) in [7, 11) is 1.58. The van der Waals surface area contributed by atoms with Crippen LogP contribution in [-0.2, 0) is 18.4 Å². The molecule has 0 saturated heterocycles. The second-order valence-corrected chi connectivity index (χ2v) is 16.5. The fraction of sp³-hybridized carbons (Fsp3) is 0.829. The van der Waals surface area contributed by atoms with E-state index >= 15 is 0 Å². The van der Waals surface area contributed by atoms with Crippen molar-refractivity contribution in [2.24, 2.45) is 0 Å². The molecule has 0 spiro atoms. The first-order valence-electron chi connectivity index (χ1n) is 20.4. The van der Waals surface area contributed by atoms with Crippen molar-refractivity contribution in [3.05, 3.63) is 36.5 Å². The average molecular weight is 728 g/mol. The average Bonchev–Trinajstić information content (AvgIpc) is 3.06. The number of hydrogen-bond acceptors (Lipinski definition) is 5. The molecule has 0 saturated carbocycles. The van der Waals surface area contributed by atoms with E-state index < -0.39 is 20.0 Å². The van der Waals surface area contributed by atoms with Gasteiger partial charge in [-0.25, -0.2) is 4.57 Å². The van der Waals surface area contributed by atoms with Gasteiger partial charge in [0.2, 0.25) is 5.91 Å². The summed E-state index contributed by atoms with van der Waals surface area (Å²) in [5.74, 6) is -0.171. The summed E-state index contributed by atoms with van der Waals surface area (Å²) in [6.45, 7) is 4.80. The highest BCUT2D eigenvalue weighted by molar-refractivity contribution is 7.47. The molecular weight excluding hydrogens is 647 g/mol. The Morgan fingerprint density at radius 1 is 0.680 bits per heavy atom. The van der Waals surface area contributed by atoms with E-state index in [-0.39, 0.29) is 19.1 Å². The van der Waals surface area contributed by atoms with E-state index in [1.54, 1.807) is 0 Å². The van der Waals surface area contributed by atoms with Gasteiger partial charge in [0.25, 0.3) is 0 Å². The number of carbonyl (C=O) groups is 1. The van der Waals surface area contributed by atoms with E-state index in [2.05, 4.69) is 55.6 Å². The van der Waals surface area contributed by atoms with Crippen molar-refractivity contribution in [3.8, 4) is 0 Å². The summed E-state index contributed by atoms with van der Waals surface area (Å²) in [4.78, 5) is 23.0. The molecule has 0 aliphatic carbocycles. The van der Waals surface area contributed by atoms with Gasteiger partial charge in [-0.3, -0.25) is 13.8 Å². The monoisotopic (exact) mass is 728 g/mol. The number of nitrogens with one attached hydrogen (secondary N) is 1. The number of carbonyl (C=O) groups excluding carboxylic acids is 1. The van der Waals surface area contributed by atoms with Crippen LogP contribution in [0, 0.1) is 0 Å². The molecule has 8 nitrogen and oxygen atoms in total. The molecule has 0 fully saturated rings. The van der Waals surface area contributed by atoms with Gasteiger partial charge in [-0.2, -0.15) is 0 Å². The predicted octanol–water partition coefficient (Wildman–Crippen LogP) is 10.7. The van der Waals surface area contributed by atoms with Gasteiger partial charge < -0.3 is 19.8 Å². The molecule has 1 amide bonds. The van der Waals surface area contributed by atoms with Crippen LogP contribution in [0.25, 0.3) is 0 Å². The minimum Gasteiger partial charge on any atom is -0.391 e. The molecule has 3 N–H and O–H groups in total. The van der Waals surface area contributed by atoms with Crippen molar-refractivity contribution in [1.82, 2.24) is 5.32 Å². The van der Waals surface area contributed by atoms with Crippen LogP contribution in [0.2, 0.25) is 0 Å². The summed E-state index contributed by atoms with van der Waals surface area (Å²) < 4.78 is 23.5. The topological polar surface area (TPSA) is 105 Å². The van der Waals surface area contributed by atoms with Crippen molar-refractivity contribution in [2.75, 3.05) is 40.9 Å². The van der Waals surface area contributed by atoms with Crippen molar-refractivity contribution < 1.29 is 32.9 Å². The summed E-state index contributed by atoms with van der Waals surface area (Å²) in [5, 5.41) is 13.9. The highest BCUT2D eigenvalue weighted by atomic mass is 31.2. The zero-order chi connectivity index (χ0) is 37.2. The minimum atomic E-state index is -4.32. The van der Waals surface area contributed by atoms with Crippen LogP contribution in [0.5, 0.6) is 0 Å². The summed E-state index contributed by atoms with van der Waals surface area (Å²) in [5.41, 5.74) is 0. The van der Waals surface area contributed by atoms with Gasteiger partial charge in [-0.05, 0) is 70.6 Å². The third-order valence-corrected chi connectivity index (χ3v) is 9.85. The molecule has 294 valence electrons. The third-order valence-electron chi connectivity index (χ3n) is 8.86. The van der Waals surface area contributed by atoms with E-state index in [1.165, 1.54) is 70.6 Å². The van der Waals surface area contributed by atoms with Gasteiger partial charge in [0.05, 0.1) is 39.9 Å². The third kappa shape index (κ3) is 35.1. The van der Waals surface area contributed by atoms with E-state index in [9.17, 15) is 19.4 Å². The number of nitrogens with zero attached hydrogens (tertiary/aromatic N) is 1. The number of phosphoric ester groups is 1. The molecule has 0 heterocycles. The summed E-state index contributed by atoms with van der Waals surface area (Å²) in [6, 6.07) is -0.782. The maximum Gasteiger partial charge on any atom is 0.472 e. The van der Waals surface area contributed by atoms with E-state index in [0.717, 1.165) is 70.6 Å². The molecule has 0 aliphatic rings. The smallest absolute Gasteiger partial charge is 0.391 e. The molecule has 0 rings (SSSR count). The second-order valence-electron chi connectivity index (χ2n) is 15.0. The lowest BCUT2D eigenvalue weighted by molar-refractivity contribution is -0.870. The van der Waals surface area contributed by atoms with Crippen molar-refractivity contribution in [2.45, 2.75) is 180 Å². The lowest BCUT2D eigenvalue weighted by atomic mass is 10.0. The van der Waals surface area contributed by atoms with Crippen molar-refractivity contribution >= 4 is 13.7 Å². The molecule has 0 aliphatic heterocycles. The summed E-state index contributed by atoms with van der Waals surface area (Å²) >= 11 is 0. The lowest BCUT2D eigenvalue weighted by Crippen LogP contribution is -2.46. The van der Waals surface area contributed by atoms with Crippen molar-refractivity contribution in [3.63, 3.8) is 0 Å². The number of aliphatic hydroxyl groups is 1. The molecule has 0 aromatic heterocycles. The Hall–Kier alpha value is -1.28. The number of allylic oxidation sites excluding steroid dienone is 6. The quantitative estimate of drug-likeness (QED) is 0.0257. The van der Waals surface area contributed by atoms with Crippen LogP contribution in [0.4, 0.5) is 0 Å². The fourth-order valence-electron chi connectivity index (χ4n) is 5.54. The molecule has 0 radical (unpaired) electrons. The van der Waals surface area contributed by atoms with E-state index in [1.807, 2.05) is 21.1 Å². The van der Waals surface area contributed by atoms with Crippen LogP contribution >= 0.6 is 7.82 Å². The Kier molecular flexibility index (Phi) is 32.7. The maximum atomic E-state index is 12.8. The molecule has 0 aromatic rings. The SMILES string of the molecule is CCCCC/C=C/C/C=C/CCCCCCCC(=O)N[C@@H](COP(=O)(O)OCC[N+](C)(C)C)[C@H](O)CCCC/C=C/CCCCCCCCC. The van der Waals surface area contributed by atoms with Crippen LogP contribution in [0.15, 0.2) is 36.5 Å². The Morgan fingerprint density at radius 3 is 1.70 bits per heavy atom. The molecular formula is C41H80N2O6P+. The molecule has 0 aromatic carbocycles. The zero-order valence-corrected chi connectivity index (χ0v) is 34.0. The summed E-state index contributed by atoms with van der Waals surface area (Å²) in [6.07, 6.45) is 38.8. The van der Waals surface area contributed by atoms with E-state index in [0.29, 0.717) is 23.9 Å². The number of likely N-dealkylation sites (N-methyl/N-ethyl adjacent to an activating group) is 1. The van der Waals surface area contributed by atoms with Gasteiger partial charge >= 0.3 is 7.82 Å². The van der Waals surface area contributed by atoms with Crippen LogP contribution in [-0.4, -0.2) is 73.4 Å². The fourth-order valence-corrected chi connectivity index (χ4v) is 6.27. The molecule has 1 unspecified atom stereocenters. The number of rotatable bonds is 36. The number of amides is 1. The first kappa shape index (κ1) is 48.7. The molecule has 3 atom stereocenters. The number of quaternary nitrogens is 1. The first-order chi connectivity index (χ1) is 24.0. The number of hydrogen-bond donors (Lipinski definition) is 3. The van der Waals surface area contributed by atoms with Crippen molar-refractivity contribution in [1.29, 1.82) is 0 Å². The highest BCUT2D eigenvalue weighted by Crippen LogP contribution is 2.43. The van der Waals surface area contributed by atoms with Gasteiger partial charge in [0, 0.05) is 6.42 Å². The minimum absolute atomic E-state index is 0.0656. The number of phosphoric acid groups is 1. The van der Waals surface area contributed by atoms with Gasteiger partial charge in [-0.1, -0.05) is 127 Å². The Balaban J connectivity index is 4.51. The van der Waals surface area contributed by atoms with Crippen LogP contribution in [0.3, 0.4) is 0 Å². The highest BCUT2D eigenvalue weighted by Gasteiger charge is 2.28. The zero-order valence-electron chi connectivity index (χ0n) is 33.1. The normalized spacial score (nSPS) is 14.9. The number of aliphatic hydroxyl groups excluding tert-OH is 1. The molecule has 50 heavy (non-hydrogen) atoms. The first-order valence-corrected chi connectivity index (χ1v) is 21.8. The van der Waals surface area contributed by atoms with Gasteiger partial charge in [-0.15, -0.1) is 0 Å². The standard InChI is InChI=1S/C41H79N2O6P/c1-6-8-10-12-14-16-18-20-21-23-25-27-29-31-33-35-41(45)42-39(38-49-50(46,47)48-37-36-43(3,4)5)40(44)34-32-30-28-26-24-22-19-17-15-13-11-9-7-2/h14,16,20-21,24,26,39-40,44H,6-13,15,17-19,22-23,25,27-38H2,1-5H3,(H-,42,45,46,47)/p+1/b16-14+,21-20+,26-24+/t39-,40+/m0/s1. The lowest BCUT2D eigenvalue weighted by Gasteiger charge is -2.26. The Labute approximate surface area is 308 Å².